The van der Waals surface area contributed by atoms with Crippen molar-refractivity contribution < 1.29 is 8.42 Å². The first kappa shape index (κ1) is 14.3. The van der Waals surface area contributed by atoms with Crippen molar-refractivity contribution in [1.29, 1.82) is 5.26 Å². The fourth-order valence-corrected chi connectivity index (χ4v) is 2.86. The summed E-state index contributed by atoms with van der Waals surface area (Å²) in [7, 11) is -3.70. The fraction of sp³-hybridized carbons (Fsp3) is 0.0769. The van der Waals surface area contributed by atoms with Crippen molar-refractivity contribution in [1.82, 2.24) is 4.98 Å². The van der Waals surface area contributed by atoms with E-state index < -0.39 is 10.0 Å². The Hall–Kier alpha value is -2.10. The van der Waals surface area contributed by atoms with Gasteiger partial charge in [-0.05, 0) is 29.8 Å². The van der Waals surface area contributed by atoms with Crippen LogP contribution in [0.5, 0.6) is 0 Å². The minimum absolute atomic E-state index is 0.0404. The molecule has 5 nitrogen and oxygen atoms in total. The molecule has 2 rings (SSSR count). The van der Waals surface area contributed by atoms with Crippen molar-refractivity contribution in [2.75, 3.05) is 4.72 Å². The zero-order chi connectivity index (χ0) is 14.6. The molecule has 0 aliphatic carbocycles. The van der Waals surface area contributed by atoms with E-state index in [0.717, 1.165) is 5.56 Å². The lowest BCUT2D eigenvalue weighted by atomic mass is 10.1. The Balaban J connectivity index is 2.22. The molecule has 0 aliphatic rings. The monoisotopic (exact) mass is 307 g/mol. The number of anilines is 1. The van der Waals surface area contributed by atoms with Crippen LogP contribution in [0.15, 0.2) is 47.5 Å². The largest absolute Gasteiger partial charge is 0.280 e. The third-order valence-corrected chi connectivity index (χ3v) is 4.08. The van der Waals surface area contributed by atoms with Gasteiger partial charge in [0, 0.05) is 11.9 Å². The van der Waals surface area contributed by atoms with Crippen LogP contribution >= 0.6 is 11.6 Å². The Morgan fingerprint density at radius 3 is 2.55 bits per heavy atom. The summed E-state index contributed by atoms with van der Waals surface area (Å²) in [6, 6.07) is 11.3. The Bertz CT molecular complexity index is 752. The maximum atomic E-state index is 12.1. The molecule has 0 unspecified atom stereocenters. The molecular weight excluding hydrogens is 298 g/mol. The summed E-state index contributed by atoms with van der Waals surface area (Å²) in [4.78, 5) is 3.78. The van der Waals surface area contributed by atoms with Crippen LogP contribution in [0.25, 0.3) is 0 Å². The van der Waals surface area contributed by atoms with Gasteiger partial charge in [0.2, 0.25) is 0 Å². The van der Waals surface area contributed by atoms with Crippen LogP contribution in [-0.2, 0) is 16.4 Å². The molecule has 2 aromatic rings. The standard InChI is InChI=1S/C13H10ClN3O2S/c14-13-9-12(6-8-16-13)20(18,19)17-11-3-1-10(2-4-11)5-7-15/h1-4,6,8-9,17H,5H2. The second-order valence-corrected chi connectivity index (χ2v) is 6.02. The first-order valence-electron chi connectivity index (χ1n) is 5.61. The minimum atomic E-state index is -3.70. The van der Waals surface area contributed by atoms with Gasteiger partial charge in [0.15, 0.2) is 0 Å². The van der Waals surface area contributed by atoms with Gasteiger partial charge >= 0.3 is 0 Å². The van der Waals surface area contributed by atoms with E-state index >= 15 is 0 Å². The van der Waals surface area contributed by atoms with Crippen molar-refractivity contribution in [3.8, 4) is 6.07 Å². The Morgan fingerprint density at radius 1 is 1.25 bits per heavy atom. The highest BCUT2D eigenvalue weighted by atomic mass is 35.5. The Labute approximate surface area is 121 Å². The van der Waals surface area contributed by atoms with Gasteiger partial charge in [0.05, 0.1) is 17.4 Å². The SMILES string of the molecule is N#CCc1ccc(NS(=O)(=O)c2ccnc(Cl)c2)cc1. The van der Waals surface area contributed by atoms with E-state index in [1.165, 1.54) is 18.3 Å². The molecule has 1 N–H and O–H groups in total. The minimum Gasteiger partial charge on any atom is -0.280 e. The predicted octanol–water partition coefficient (Wildman–Crippen LogP) is 2.60. The molecule has 20 heavy (non-hydrogen) atoms. The van der Waals surface area contributed by atoms with Crippen molar-refractivity contribution in [2.24, 2.45) is 0 Å². The molecule has 1 heterocycles. The summed E-state index contributed by atoms with van der Waals surface area (Å²) < 4.78 is 26.7. The molecule has 0 radical (unpaired) electrons. The van der Waals surface area contributed by atoms with E-state index in [9.17, 15) is 8.42 Å². The van der Waals surface area contributed by atoms with Gasteiger partial charge in [0.25, 0.3) is 10.0 Å². The molecule has 0 saturated heterocycles. The average Bonchev–Trinajstić information content (AvgIpc) is 2.41. The highest BCUT2D eigenvalue weighted by molar-refractivity contribution is 7.92. The lowest BCUT2D eigenvalue weighted by molar-refractivity contribution is 0.601. The second-order valence-electron chi connectivity index (χ2n) is 3.95. The first-order valence-corrected chi connectivity index (χ1v) is 7.47. The smallest absolute Gasteiger partial charge is 0.262 e. The topological polar surface area (TPSA) is 82.9 Å². The third-order valence-electron chi connectivity index (χ3n) is 2.50. The van der Waals surface area contributed by atoms with Gasteiger partial charge in [-0.3, -0.25) is 4.72 Å². The van der Waals surface area contributed by atoms with Crippen molar-refractivity contribution >= 4 is 27.3 Å². The zero-order valence-corrected chi connectivity index (χ0v) is 11.8. The van der Waals surface area contributed by atoms with Crippen molar-refractivity contribution in [3.63, 3.8) is 0 Å². The summed E-state index contributed by atoms with van der Waals surface area (Å²) in [5.41, 5.74) is 1.24. The first-order chi connectivity index (χ1) is 9.51. The van der Waals surface area contributed by atoms with Gasteiger partial charge in [-0.15, -0.1) is 0 Å². The number of nitrogens with one attached hydrogen (secondary N) is 1. The van der Waals surface area contributed by atoms with Gasteiger partial charge in [-0.25, -0.2) is 13.4 Å². The van der Waals surface area contributed by atoms with Gasteiger partial charge in [0.1, 0.15) is 5.15 Å². The molecule has 102 valence electrons. The highest BCUT2D eigenvalue weighted by Gasteiger charge is 2.14. The summed E-state index contributed by atoms with van der Waals surface area (Å²) in [6.45, 7) is 0. The molecule has 1 aromatic carbocycles. The summed E-state index contributed by atoms with van der Waals surface area (Å²) >= 11 is 5.68. The Morgan fingerprint density at radius 2 is 1.95 bits per heavy atom. The normalized spacial score (nSPS) is 10.8. The van der Waals surface area contributed by atoms with Crippen molar-refractivity contribution in [2.45, 2.75) is 11.3 Å². The predicted molar refractivity (Wildman–Crippen MR) is 75.8 cm³/mol. The molecular formula is C13H10ClN3O2S. The third kappa shape index (κ3) is 3.47. The molecule has 0 fully saturated rings. The number of benzene rings is 1. The number of hydrogen-bond acceptors (Lipinski definition) is 4. The maximum absolute atomic E-state index is 12.1. The molecule has 0 saturated carbocycles. The summed E-state index contributed by atoms with van der Waals surface area (Å²) in [5.74, 6) is 0. The van der Waals surface area contributed by atoms with E-state index in [1.54, 1.807) is 24.3 Å². The second kappa shape index (κ2) is 5.90. The number of nitriles is 1. The molecule has 0 amide bonds. The quantitative estimate of drug-likeness (QED) is 0.880. The summed E-state index contributed by atoms with van der Waals surface area (Å²) in [5, 5.41) is 8.68. The van der Waals surface area contributed by atoms with Crippen LogP contribution in [-0.4, -0.2) is 13.4 Å². The van der Waals surface area contributed by atoms with E-state index in [0.29, 0.717) is 5.69 Å². The molecule has 0 atom stereocenters. The number of nitrogens with zero attached hydrogens (tertiary/aromatic N) is 2. The van der Waals surface area contributed by atoms with Crippen molar-refractivity contribution in [3.05, 3.63) is 53.3 Å². The van der Waals surface area contributed by atoms with Crippen LogP contribution in [0.4, 0.5) is 5.69 Å². The van der Waals surface area contributed by atoms with E-state index in [2.05, 4.69) is 9.71 Å². The van der Waals surface area contributed by atoms with Gasteiger partial charge < -0.3 is 0 Å². The molecule has 0 spiro atoms. The maximum Gasteiger partial charge on any atom is 0.262 e. The number of hydrogen-bond donors (Lipinski definition) is 1. The number of aromatic nitrogens is 1. The number of halogens is 1. The lowest BCUT2D eigenvalue weighted by Crippen LogP contribution is -2.13. The lowest BCUT2D eigenvalue weighted by Gasteiger charge is -2.08. The van der Waals surface area contributed by atoms with Crippen LogP contribution in [0.1, 0.15) is 5.56 Å². The molecule has 1 aromatic heterocycles. The van der Waals surface area contributed by atoms with Crippen LogP contribution in [0, 0.1) is 11.3 Å². The zero-order valence-electron chi connectivity index (χ0n) is 10.2. The van der Waals surface area contributed by atoms with Crippen LogP contribution in [0.3, 0.4) is 0 Å². The average molecular weight is 308 g/mol. The van der Waals surface area contributed by atoms with E-state index in [4.69, 9.17) is 16.9 Å². The molecule has 0 bridgehead atoms. The van der Waals surface area contributed by atoms with Crippen LogP contribution in [0.2, 0.25) is 5.15 Å². The number of sulfonamides is 1. The molecule has 0 aliphatic heterocycles. The van der Waals surface area contributed by atoms with Gasteiger partial charge in [-0.2, -0.15) is 5.26 Å². The van der Waals surface area contributed by atoms with Crippen LogP contribution < -0.4 is 4.72 Å². The van der Waals surface area contributed by atoms with E-state index in [1.807, 2.05) is 6.07 Å². The highest BCUT2D eigenvalue weighted by Crippen LogP contribution is 2.18. The summed E-state index contributed by atoms with van der Waals surface area (Å²) in [6.07, 6.45) is 1.61. The Kier molecular flexibility index (Phi) is 4.23. The van der Waals surface area contributed by atoms with Gasteiger partial charge in [-0.1, -0.05) is 23.7 Å². The number of pyridine rings is 1. The fourth-order valence-electron chi connectivity index (χ4n) is 1.55. The number of rotatable bonds is 4. The van der Waals surface area contributed by atoms with E-state index in [-0.39, 0.29) is 16.5 Å². The molecule has 7 heteroatoms.